The van der Waals surface area contributed by atoms with Gasteiger partial charge >= 0.3 is 12.2 Å². The maximum atomic E-state index is 11.9. The van der Waals surface area contributed by atoms with Gasteiger partial charge in [0.1, 0.15) is 64.7 Å². The molecule has 4 fully saturated rings. The van der Waals surface area contributed by atoms with Crippen molar-refractivity contribution in [1.29, 1.82) is 5.26 Å². The van der Waals surface area contributed by atoms with Crippen molar-refractivity contribution in [2.75, 3.05) is 52.4 Å². The summed E-state index contributed by atoms with van der Waals surface area (Å²) in [6, 6.07) is 23.4. The molecule has 0 saturated carbocycles. The summed E-state index contributed by atoms with van der Waals surface area (Å²) < 4.78 is 34.2. The molecule has 0 atom stereocenters. The zero-order valence-electron chi connectivity index (χ0n) is 48.3. The lowest BCUT2D eigenvalue weighted by Gasteiger charge is -2.39. The van der Waals surface area contributed by atoms with Crippen molar-refractivity contribution in [1.82, 2.24) is 40.0 Å². The van der Waals surface area contributed by atoms with Gasteiger partial charge in [-0.15, -0.1) is 12.4 Å². The summed E-state index contributed by atoms with van der Waals surface area (Å²) in [5, 5.41) is 15.6. The predicted octanol–water partition coefficient (Wildman–Crippen LogP) is 7.38. The number of aromatic nitrogens is 4. The molecular formula is C61H69ClN12O12. The van der Waals surface area contributed by atoms with E-state index in [-0.39, 0.29) is 54.9 Å². The first-order valence-corrected chi connectivity index (χ1v) is 27.4. The van der Waals surface area contributed by atoms with Crippen molar-refractivity contribution < 1.29 is 57.2 Å². The number of nitrogens with two attached hydrogens (primary N) is 3. The van der Waals surface area contributed by atoms with Crippen LogP contribution in [0.5, 0.6) is 23.0 Å². The number of hydrogen-bond acceptors (Lipinski definition) is 14. The van der Waals surface area contributed by atoms with E-state index in [9.17, 15) is 28.8 Å². The van der Waals surface area contributed by atoms with Crippen molar-refractivity contribution in [2.24, 2.45) is 17.2 Å². The third-order valence-corrected chi connectivity index (χ3v) is 13.9. The number of likely N-dealkylation sites (tertiary alicyclic amines) is 3. The van der Waals surface area contributed by atoms with E-state index in [1.807, 2.05) is 65.8 Å². The van der Waals surface area contributed by atoms with Crippen LogP contribution in [0.25, 0.3) is 43.6 Å². The van der Waals surface area contributed by atoms with E-state index in [1.54, 1.807) is 88.0 Å². The summed E-state index contributed by atoms with van der Waals surface area (Å²) in [4.78, 5) is 86.2. The Hall–Kier alpha value is -9.86. The number of nitrogens with zero attached hydrogens (tertiary/aromatic N) is 4. The molecule has 0 radical (unpaired) electrons. The molecule has 4 aliphatic heterocycles. The maximum absolute atomic E-state index is 11.9. The van der Waals surface area contributed by atoms with Crippen molar-refractivity contribution >= 4 is 91.8 Å². The van der Waals surface area contributed by atoms with E-state index >= 15 is 0 Å². The third-order valence-electron chi connectivity index (χ3n) is 13.9. The lowest BCUT2D eigenvalue weighted by Crippen LogP contribution is -2.57. The second-order valence-corrected chi connectivity index (χ2v) is 22.6. The fourth-order valence-electron chi connectivity index (χ4n) is 9.50. The van der Waals surface area contributed by atoms with Crippen molar-refractivity contribution in [3.63, 3.8) is 0 Å². The van der Waals surface area contributed by atoms with Crippen LogP contribution in [0, 0.1) is 11.3 Å². The summed E-state index contributed by atoms with van der Waals surface area (Å²) in [5.74, 6) is 1.33. The number of hydrogen-bond donors (Lipinski definition) is 8. The largest absolute Gasteiger partial charge is 0.487 e. The lowest BCUT2D eigenvalue weighted by atomic mass is 10.1. The highest BCUT2D eigenvalue weighted by atomic mass is 35.5. The van der Waals surface area contributed by atoms with Gasteiger partial charge in [-0.2, -0.15) is 5.26 Å². The molecule has 4 aliphatic rings. The lowest BCUT2D eigenvalue weighted by molar-refractivity contribution is -0.134. The highest BCUT2D eigenvalue weighted by molar-refractivity contribution is 6.08. The Balaban J connectivity index is 0.000000149. The number of rotatable bonds is 12. The zero-order valence-corrected chi connectivity index (χ0v) is 49.1. The Kier molecular flexibility index (Phi) is 18.8. The second kappa shape index (κ2) is 26.0. The molecule has 24 nitrogen and oxygen atoms in total. The molecule has 0 unspecified atom stereocenters. The monoisotopic (exact) mass is 1200 g/mol. The fourth-order valence-corrected chi connectivity index (χ4v) is 9.50. The van der Waals surface area contributed by atoms with E-state index in [0.29, 0.717) is 89.8 Å². The number of fused-ring (bicyclic) bond motifs is 4. The minimum absolute atomic E-state index is 0. The van der Waals surface area contributed by atoms with Crippen molar-refractivity contribution in [2.45, 2.75) is 77.2 Å². The first-order chi connectivity index (χ1) is 40.5. The summed E-state index contributed by atoms with van der Waals surface area (Å²) >= 11 is 0. The van der Waals surface area contributed by atoms with Gasteiger partial charge in [-0.05, 0) is 120 Å². The van der Waals surface area contributed by atoms with Crippen LogP contribution in [0.3, 0.4) is 0 Å². The molecule has 11 N–H and O–H groups in total. The number of halogens is 1. The maximum Gasteiger partial charge on any atom is 0.410 e. The molecular weight excluding hydrogens is 1130 g/mol. The van der Waals surface area contributed by atoms with Gasteiger partial charge in [-0.3, -0.25) is 19.2 Å². The number of H-pyrrole nitrogens is 4. The van der Waals surface area contributed by atoms with Gasteiger partial charge in [0.15, 0.2) is 0 Å². The predicted molar refractivity (Wildman–Crippen MR) is 324 cm³/mol. The van der Waals surface area contributed by atoms with E-state index < -0.39 is 28.9 Å². The van der Waals surface area contributed by atoms with Gasteiger partial charge in [0.05, 0.1) is 83.6 Å². The number of aromatic amines is 4. The standard InChI is InChI=1S/C17H21N3O4.C17H19N3O3.C15H15N3O3.C12H13N3O2.ClH/c1-17(2,3)24-16(22)20-8-10(9-20)23-13-5-4-12(15(18)21)14-11(13)6-7-19-14;1-17(2,3)23-16(21)20-9-12(10-20)22-14-5-4-11(8-18)15-13(14)6-7-19-15;1-2-13(19)18-7-9(8-18)21-12-4-3-11(15(16)20)14-10(12)5-6-17-14;13-12(16)9-1-2-10(17-7-5-14-6-7)8-3-4-15-11(8)9;/h4-7,10,19H,8-9H2,1-3H3,(H2,18,21);4-7,12,19H,9-10H2,1-3H3;2-6,9,17H,1,7-8H2,(H2,16,20);1-4,7,14-15H,5-6H2,(H2,13,16);1H. The molecule has 4 aromatic carbocycles. The molecule has 452 valence electrons. The number of carbonyl (C=O) groups is 6. The first kappa shape index (κ1) is 62.2. The SMILES string of the molecule is C=CC(=O)N1CC(Oc2ccc(C(N)=O)c3[nH]ccc23)C1.CC(C)(C)OC(=O)N1CC(Oc2ccc(C#N)c3[nH]ccc23)C1.CC(C)(C)OC(=O)N1CC(Oc2ccc(C(N)=O)c3[nH]ccc23)C1.Cl.NC(=O)c1ccc(OC2CNC2)c2cc[nH]c12. The number of primary amides is 3. The van der Waals surface area contributed by atoms with Gasteiger partial charge in [0, 0.05) is 59.4 Å². The Labute approximate surface area is 500 Å². The highest BCUT2D eigenvalue weighted by Crippen LogP contribution is 2.34. The van der Waals surface area contributed by atoms with Crippen LogP contribution >= 0.6 is 12.4 Å². The van der Waals surface area contributed by atoms with Crippen LogP contribution in [0.1, 0.15) is 78.2 Å². The minimum Gasteiger partial charge on any atom is -0.487 e. The topological polar surface area (TPSA) is 345 Å². The van der Waals surface area contributed by atoms with E-state index in [1.165, 1.54) is 6.08 Å². The quantitative estimate of drug-likeness (QED) is 0.0553. The number of ether oxygens (including phenoxy) is 6. The fraction of sp³-hybridized carbons (Fsp3) is 0.328. The molecule has 25 heteroatoms. The number of benzene rings is 4. The number of nitrogens with one attached hydrogen (secondary N) is 5. The number of carbonyl (C=O) groups excluding carboxylic acids is 6. The second-order valence-electron chi connectivity index (χ2n) is 22.6. The Bertz CT molecular complexity index is 3860. The normalized spacial score (nSPS) is 15.0. The molecule has 8 aromatic rings. The molecule has 6 amide bonds. The number of amides is 6. The minimum atomic E-state index is -0.509. The molecule has 8 heterocycles. The summed E-state index contributed by atoms with van der Waals surface area (Å²) in [5.41, 5.74) is 19.8. The highest BCUT2D eigenvalue weighted by Gasteiger charge is 2.37. The molecule has 4 saturated heterocycles. The summed E-state index contributed by atoms with van der Waals surface area (Å²) in [6.45, 7) is 19.2. The van der Waals surface area contributed by atoms with Crippen molar-refractivity contribution in [3.05, 3.63) is 132 Å². The molecule has 4 aromatic heterocycles. The van der Waals surface area contributed by atoms with Crippen LogP contribution in [-0.2, 0) is 14.3 Å². The van der Waals surface area contributed by atoms with Gasteiger partial charge in [0.2, 0.25) is 5.91 Å². The van der Waals surface area contributed by atoms with Gasteiger partial charge in [-0.1, -0.05) is 6.58 Å². The van der Waals surface area contributed by atoms with Crippen LogP contribution < -0.4 is 41.5 Å². The van der Waals surface area contributed by atoms with Gasteiger partial charge in [0.25, 0.3) is 17.7 Å². The van der Waals surface area contributed by atoms with Crippen LogP contribution in [0.2, 0.25) is 0 Å². The first-order valence-electron chi connectivity index (χ1n) is 27.4. The Morgan fingerprint density at radius 1 is 0.500 bits per heavy atom. The van der Waals surface area contributed by atoms with Gasteiger partial charge < -0.3 is 85.6 Å². The molecule has 86 heavy (non-hydrogen) atoms. The molecule has 12 rings (SSSR count). The van der Waals surface area contributed by atoms with Crippen LogP contribution in [-0.4, -0.2) is 158 Å². The summed E-state index contributed by atoms with van der Waals surface area (Å²) in [6.07, 6.45) is 7.68. The van der Waals surface area contributed by atoms with E-state index in [2.05, 4.69) is 37.9 Å². The van der Waals surface area contributed by atoms with E-state index in [0.717, 1.165) is 51.4 Å². The Morgan fingerprint density at radius 3 is 1.12 bits per heavy atom. The van der Waals surface area contributed by atoms with Crippen LogP contribution in [0.15, 0.2) is 110 Å². The average molecular weight is 1200 g/mol. The average Bonchev–Trinajstić information content (AvgIpc) is 2.36. The Morgan fingerprint density at radius 2 is 0.814 bits per heavy atom. The van der Waals surface area contributed by atoms with Crippen LogP contribution in [0.4, 0.5) is 9.59 Å². The zero-order chi connectivity index (χ0) is 60.9. The van der Waals surface area contributed by atoms with Gasteiger partial charge in [-0.25, -0.2) is 9.59 Å². The van der Waals surface area contributed by atoms with Crippen molar-refractivity contribution in [3.8, 4) is 29.1 Å². The molecule has 0 aliphatic carbocycles. The molecule has 0 bridgehead atoms. The number of nitriles is 1. The smallest absolute Gasteiger partial charge is 0.410 e. The summed E-state index contributed by atoms with van der Waals surface area (Å²) in [7, 11) is 0. The third kappa shape index (κ3) is 14.4. The molecule has 0 spiro atoms. The van der Waals surface area contributed by atoms with E-state index in [4.69, 9.17) is 50.9 Å².